The van der Waals surface area contributed by atoms with Crippen LogP contribution < -0.4 is 5.73 Å². The lowest BCUT2D eigenvalue weighted by atomic mass is 10.1. The van der Waals surface area contributed by atoms with Gasteiger partial charge in [-0.2, -0.15) is 0 Å². The Morgan fingerprint density at radius 2 is 2.00 bits per heavy atom. The van der Waals surface area contributed by atoms with Crippen LogP contribution in [0.3, 0.4) is 0 Å². The summed E-state index contributed by atoms with van der Waals surface area (Å²) in [5.41, 5.74) is 6.72. The topological polar surface area (TPSA) is 52.3 Å². The third-order valence-corrected chi connectivity index (χ3v) is 1.84. The molecule has 0 aliphatic heterocycles. The van der Waals surface area contributed by atoms with Crippen LogP contribution in [0.25, 0.3) is 0 Å². The number of hydrogen-bond acceptors (Lipinski definition) is 3. The van der Waals surface area contributed by atoms with Crippen molar-refractivity contribution in [3.05, 3.63) is 35.9 Å². The molecule has 0 aliphatic carbocycles. The van der Waals surface area contributed by atoms with Crippen LogP contribution in [0, 0.1) is 0 Å². The Morgan fingerprint density at radius 3 is 2.50 bits per heavy atom. The molecule has 0 amide bonds. The maximum absolute atomic E-state index is 10.9. The predicted octanol–water partition coefficient (Wildman–Crippen LogP) is 1.67. The molecule has 0 aliphatic rings. The number of methoxy groups -OCH3 is 1. The van der Waals surface area contributed by atoms with Crippen LogP contribution in [0.15, 0.2) is 30.3 Å². The molecule has 0 saturated carbocycles. The van der Waals surface area contributed by atoms with Crippen LogP contribution in [-0.4, -0.2) is 13.1 Å². The summed E-state index contributed by atoms with van der Waals surface area (Å²) in [4.78, 5) is 10.9. The number of halogens is 1. The maximum atomic E-state index is 10.9. The Balaban J connectivity index is 0.00000169. The largest absolute Gasteiger partial charge is 0.469 e. The van der Waals surface area contributed by atoms with E-state index < -0.39 is 0 Å². The van der Waals surface area contributed by atoms with Gasteiger partial charge in [-0.15, -0.1) is 12.4 Å². The van der Waals surface area contributed by atoms with Gasteiger partial charge in [-0.3, -0.25) is 4.79 Å². The van der Waals surface area contributed by atoms with Crippen molar-refractivity contribution in [1.82, 2.24) is 0 Å². The van der Waals surface area contributed by atoms with E-state index in [1.807, 2.05) is 30.3 Å². The predicted molar refractivity (Wildman–Crippen MR) is 57.3 cm³/mol. The minimum absolute atomic E-state index is 0. The molecule has 1 aromatic carbocycles. The zero-order chi connectivity index (χ0) is 9.68. The lowest BCUT2D eigenvalue weighted by Gasteiger charge is -2.09. The Morgan fingerprint density at radius 1 is 1.43 bits per heavy atom. The van der Waals surface area contributed by atoms with E-state index in [0.29, 0.717) is 0 Å². The Kier molecular flexibility index (Phi) is 5.92. The summed E-state index contributed by atoms with van der Waals surface area (Å²) in [7, 11) is 1.36. The van der Waals surface area contributed by atoms with Crippen molar-refractivity contribution in [1.29, 1.82) is 0 Å². The molecule has 0 unspecified atom stereocenters. The van der Waals surface area contributed by atoms with Gasteiger partial charge in [0.05, 0.1) is 13.5 Å². The zero-order valence-electron chi connectivity index (χ0n) is 7.97. The van der Waals surface area contributed by atoms with E-state index >= 15 is 0 Å². The number of esters is 1. The van der Waals surface area contributed by atoms with Crippen molar-refractivity contribution in [2.45, 2.75) is 12.5 Å². The van der Waals surface area contributed by atoms with Gasteiger partial charge < -0.3 is 10.5 Å². The number of benzene rings is 1. The summed E-state index contributed by atoms with van der Waals surface area (Å²) < 4.78 is 4.52. The molecular weight excluding hydrogens is 202 g/mol. The molecule has 0 bridgehead atoms. The van der Waals surface area contributed by atoms with E-state index in [-0.39, 0.29) is 30.8 Å². The van der Waals surface area contributed by atoms with E-state index in [1.165, 1.54) is 7.11 Å². The van der Waals surface area contributed by atoms with Gasteiger partial charge in [-0.1, -0.05) is 30.3 Å². The van der Waals surface area contributed by atoms with E-state index in [9.17, 15) is 4.79 Å². The van der Waals surface area contributed by atoms with E-state index in [2.05, 4.69) is 4.74 Å². The van der Waals surface area contributed by atoms with Crippen LogP contribution in [0.2, 0.25) is 0 Å². The first-order valence-electron chi connectivity index (χ1n) is 4.11. The highest BCUT2D eigenvalue weighted by Gasteiger charge is 2.10. The van der Waals surface area contributed by atoms with Crippen molar-refractivity contribution in [2.75, 3.05) is 7.11 Å². The number of carbonyl (C=O) groups excluding carboxylic acids is 1. The van der Waals surface area contributed by atoms with Gasteiger partial charge in [0, 0.05) is 6.04 Å². The third-order valence-electron chi connectivity index (χ3n) is 1.84. The third kappa shape index (κ3) is 3.77. The normalized spacial score (nSPS) is 11.3. The van der Waals surface area contributed by atoms with Gasteiger partial charge in [0.25, 0.3) is 0 Å². The van der Waals surface area contributed by atoms with Crippen molar-refractivity contribution in [2.24, 2.45) is 5.73 Å². The molecule has 2 N–H and O–H groups in total. The van der Waals surface area contributed by atoms with Gasteiger partial charge in [0.15, 0.2) is 0 Å². The summed E-state index contributed by atoms with van der Waals surface area (Å²) in [5.74, 6) is -0.281. The summed E-state index contributed by atoms with van der Waals surface area (Å²) in [6, 6.07) is 9.22. The van der Waals surface area contributed by atoms with Crippen LogP contribution in [0.5, 0.6) is 0 Å². The summed E-state index contributed by atoms with van der Waals surface area (Å²) in [6.07, 6.45) is 0.223. The molecule has 0 saturated heterocycles. The molecule has 78 valence electrons. The smallest absolute Gasteiger partial charge is 0.307 e. The molecule has 0 aromatic heterocycles. The fourth-order valence-electron chi connectivity index (χ4n) is 1.08. The van der Waals surface area contributed by atoms with Gasteiger partial charge in [0.1, 0.15) is 0 Å². The molecule has 1 atom stereocenters. The Labute approximate surface area is 89.7 Å². The van der Waals surface area contributed by atoms with E-state index in [4.69, 9.17) is 5.73 Å². The monoisotopic (exact) mass is 215 g/mol. The van der Waals surface area contributed by atoms with Crippen molar-refractivity contribution >= 4 is 18.4 Å². The first-order valence-corrected chi connectivity index (χ1v) is 4.11. The van der Waals surface area contributed by atoms with E-state index in [0.717, 1.165) is 5.56 Å². The SMILES string of the molecule is COC(=O)C[C@H](N)c1ccccc1.Cl. The van der Waals surface area contributed by atoms with Crippen LogP contribution in [0.1, 0.15) is 18.0 Å². The first kappa shape index (κ1) is 12.9. The minimum atomic E-state index is -0.281. The number of hydrogen-bond donors (Lipinski definition) is 1. The first-order chi connectivity index (χ1) is 6.24. The lowest BCUT2D eigenvalue weighted by molar-refractivity contribution is -0.141. The van der Waals surface area contributed by atoms with Gasteiger partial charge in [-0.05, 0) is 5.56 Å². The molecule has 0 heterocycles. The molecule has 0 radical (unpaired) electrons. The fraction of sp³-hybridized carbons (Fsp3) is 0.300. The summed E-state index contributed by atoms with van der Waals surface area (Å²) in [5, 5.41) is 0. The average molecular weight is 216 g/mol. The van der Waals surface area contributed by atoms with Crippen LogP contribution >= 0.6 is 12.4 Å². The number of nitrogens with two attached hydrogens (primary N) is 1. The number of rotatable bonds is 3. The molecule has 0 spiro atoms. The van der Waals surface area contributed by atoms with Crippen LogP contribution in [-0.2, 0) is 9.53 Å². The van der Waals surface area contributed by atoms with Crippen molar-refractivity contribution < 1.29 is 9.53 Å². The summed E-state index contributed by atoms with van der Waals surface area (Å²) in [6.45, 7) is 0. The molecule has 1 rings (SSSR count). The quantitative estimate of drug-likeness (QED) is 0.781. The standard InChI is InChI=1S/C10H13NO2.ClH/c1-13-10(12)7-9(11)8-5-3-2-4-6-8;/h2-6,9H,7,11H2,1H3;1H/t9-;/m0./s1. The fourth-order valence-corrected chi connectivity index (χ4v) is 1.08. The van der Waals surface area contributed by atoms with E-state index in [1.54, 1.807) is 0 Å². The highest BCUT2D eigenvalue weighted by atomic mass is 35.5. The van der Waals surface area contributed by atoms with Gasteiger partial charge >= 0.3 is 5.97 Å². The molecular formula is C10H14ClNO2. The average Bonchev–Trinajstić information content (AvgIpc) is 2.19. The summed E-state index contributed by atoms with van der Waals surface area (Å²) >= 11 is 0. The van der Waals surface area contributed by atoms with Crippen molar-refractivity contribution in [3.8, 4) is 0 Å². The Bertz CT molecular complexity index is 277. The molecule has 14 heavy (non-hydrogen) atoms. The number of carbonyl (C=O) groups is 1. The zero-order valence-corrected chi connectivity index (χ0v) is 8.79. The molecule has 4 heteroatoms. The second-order valence-corrected chi connectivity index (χ2v) is 2.80. The molecule has 3 nitrogen and oxygen atoms in total. The minimum Gasteiger partial charge on any atom is -0.469 e. The highest BCUT2D eigenvalue weighted by Crippen LogP contribution is 2.13. The lowest BCUT2D eigenvalue weighted by Crippen LogP contribution is -2.16. The van der Waals surface area contributed by atoms with Gasteiger partial charge in [-0.25, -0.2) is 0 Å². The van der Waals surface area contributed by atoms with Gasteiger partial charge in [0.2, 0.25) is 0 Å². The van der Waals surface area contributed by atoms with Crippen molar-refractivity contribution in [3.63, 3.8) is 0 Å². The highest BCUT2D eigenvalue weighted by molar-refractivity contribution is 5.85. The molecule has 1 aromatic rings. The van der Waals surface area contributed by atoms with Crippen LogP contribution in [0.4, 0.5) is 0 Å². The maximum Gasteiger partial charge on any atom is 0.307 e. The second kappa shape index (κ2) is 6.40. The Hall–Kier alpha value is -1.06. The second-order valence-electron chi connectivity index (χ2n) is 2.80. The molecule has 0 fully saturated rings. The number of ether oxygens (including phenoxy) is 1.